The Balaban J connectivity index is 1.87. The third-order valence-electron chi connectivity index (χ3n) is 4.37. The summed E-state index contributed by atoms with van der Waals surface area (Å²) < 4.78 is 0. The molecule has 1 fully saturated rings. The van der Waals surface area contributed by atoms with Crippen molar-refractivity contribution in [1.29, 1.82) is 0 Å². The molecule has 0 spiro atoms. The van der Waals surface area contributed by atoms with E-state index in [2.05, 4.69) is 11.4 Å². The minimum absolute atomic E-state index is 0.0669. The summed E-state index contributed by atoms with van der Waals surface area (Å²) in [6.07, 6.45) is 3.51. The summed E-state index contributed by atoms with van der Waals surface area (Å²) in [5.41, 5.74) is 5.98. The van der Waals surface area contributed by atoms with Crippen molar-refractivity contribution in [2.24, 2.45) is 11.1 Å². The van der Waals surface area contributed by atoms with Crippen molar-refractivity contribution in [2.75, 3.05) is 5.32 Å². The first-order valence-corrected chi connectivity index (χ1v) is 7.63. The molecule has 3 rings (SSSR count). The number of nitrogens with one attached hydrogen (secondary N) is 1. The van der Waals surface area contributed by atoms with Gasteiger partial charge >= 0.3 is 0 Å². The zero-order valence-electron chi connectivity index (χ0n) is 11.8. The third kappa shape index (κ3) is 2.51. The molecule has 108 valence electrons. The van der Waals surface area contributed by atoms with Gasteiger partial charge in [0.05, 0.1) is 10.4 Å². The number of benzene rings is 2. The number of amides is 1. The lowest BCUT2D eigenvalue weighted by Crippen LogP contribution is -2.43. The number of carbonyl (C=O) groups excluding carboxylic acids is 1. The normalized spacial score (nSPS) is 16.8. The molecule has 0 bridgehead atoms. The number of hydrogen-bond acceptors (Lipinski definition) is 2. The van der Waals surface area contributed by atoms with Crippen molar-refractivity contribution >= 4 is 39.6 Å². The quantitative estimate of drug-likeness (QED) is 0.851. The maximum Gasteiger partial charge on any atom is 0.237 e. The minimum atomic E-state index is -0.666. The fraction of sp³-hybridized carbons (Fsp3) is 0.294. The molecule has 0 unspecified atom stereocenters. The van der Waals surface area contributed by atoms with Crippen LogP contribution in [0.5, 0.6) is 0 Å². The van der Waals surface area contributed by atoms with Gasteiger partial charge in [-0.3, -0.25) is 4.79 Å². The molecule has 3 nitrogen and oxygen atoms in total. The molecule has 4 heteroatoms. The molecule has 1 aliphatic rings. The van der Waals surface area contributed by atoms with Crippen molar-refractivity contribution in [2.45, 2.75) is 25.7 Å². The van der Waals surface area contributed by atoms with E-state index in [4.69, 9.17) is 18.0 Å². The van der Waals surface area contributed by atoms with E-state index < -0.39 is 5.41 Å². The summed E-state index contributed by atoms with van der Waals surface area (Å²) in [7, 11) is 0. The molecule has 1 saturated carbocycles. The Morgan fingerprint density at radius 3 is 2.43 bits per heavy atom. The molecule has 0 heterocycles. The number of carbonyl (C=O) groups is 1. The van der Waals surface area contributed by atoms with Gasteiger partial charge in [0.25, 0.3) is 0 Å². The number of nitrogens with two attached hydrogens (primary N) is 1. The maximum atomic E-state index is 12.6. The van der Waals surface area contributed by atoms with Crippen LogP contribution in [0.2, 0.25) is 0 Å². The average Bonchev–Trinajstić information content (AvgIpc) is 2.98. The summed E-state index contributed by atoms with van der Waals surface area (Å²) in [5.74, 6) is -0.0669. The number of fused-ring (bicyclic) bond motifs is 1. The monoisotopic (exact) mass is 298 g/mol. The Kier molecular flexibility index (Phi) is 3.64. The number of thiocarbonyl (C=S) groups is 1. The van der Waals surface area contributed by atoms with Gasteiger partial charge in [0.2, 0.25) is 5.91 Å². The van der Waals surface area contributed by atoms with Crippen molar-refractivity contribution in [3.63, 3.8) is 0 Å². The Morgan fingerprint density at radius 2 is 1.76 bits per heavy atom. The van der Waals surface area contributed by atoms with Crippen LogP contribution < -0.4 is 11.1 Å². The molecular weight excluding hydrogens is 280 g/mol. The van der Waals surface area contributed by atoms with Crippen LogP contribution >= 0.6 is 12.2 Å². The average molecular weight is 298 g/mol. The fourth-order valence-corrected chi connectivity index (χ4v) is 3.38. The van der Waals surface area contributed by atoms with Crippen molar-refractivity contribution in [3.8, 4) is 0 Å². The van der Waals surface area contributed by atoms with Gasteiger partial charge in [-0.2, -0.15) is 0 Å². The van der Waals surface area contributed by atoms with Crippen molar-refractivity contribution in [3.05, 3.63) is 42.5 Å². The zero-order chi connectivity index (χ0) is 14.9. The van der Waals surface area contributed by atoms with E-state index >= 15 is 0 Å². The first kappa shape index (κ1) is 14.0. The maximum absolute atomic E-state index is 12.6. The highest BCUT2D eigenvalue weighted by Crippen LogP contribution is 2.39. The first-order valence-electron chi connectivity index (χ1n) is 7.22. The van der Waals surface area contributed by atoms with Crippen molar-refractivity contribution < 1.29 is 4.79 Å². The number of rotatable bonds is 3. The van der Waals surface area contributed by atoms with Crippen LogP contribution in [0.15, 0.2) is 42.5 Å². The lowest BCUT2D eigenvalue weighted by atomic mass is 9.85. The molecule has 0 atom stereocenters. The first-order chi connectivity index (χ1) is 10.1. The van der Waals surface area contributed by atoms with E-state index in [0.717, 1.165) is 42.1 Å². The molecule has 3 N–H and O–H groups in total. The largest absolute Gasteiger partial charge is 0.392 e. The van der Waals surface area contributed by atoms with Gasteiger partial charge < -0.3 is 11.1 Å². The summed E-state index contributed by atoms with van der Waals surface area (Å²) in [6.45, 7) is 0. The van der Waals surface area contributed by atoms with Gasteiger partial charge in [0, 0.05) is 5.69 Å². The predicted molar refractivity (Wildman–Crippen MR) is 90.3 cm³/mol. The molecular formula is C17H18N2OS. The number of hydrogen-bond donors (Lipinski definition) is 2. The Morgan fingerprint density at radius 1 is 1.10 bits per heavy atom. The lowest BCUT2D eigenvalue weighted by Gasteiger charge is -2.26. The summed E-state index contributed by atoms with van der Waals surface area (Å²) in [6, 6.07) is 14.0. The molecule has 1 aliphatic carbocycles. The Labute approximate surface area is 129 Å². The second-order valence-corrected chi connectivity index (χ2v) is 6.11. The van der Waals surface area contributed by atoms with Crippen LogP contribution in [0.3, 0.4) is 0 Å². The topological polar surface area (TPSA) is 55.1 Å². The Bertz CT molecular complexity index is 705. The van der Waals surface area contributed by atoms with Crippen LogP contribution in [-0.4, -0.2) is 10.9 Å². The Hall–Kier alpha value is -1.94. The van der Waals surface area contributed by atoms with E-state index in [1.54, 1.807) is 0 Å². The van der Waals surface area contributed by atoms with Crippen LogP contribution in [0.4, 0.5) is 5.69 Å². The lowest BCUT2D eigenvalue weighted by molar-refractivity contribution is -0.122. The standard InChI is InChI=1S/C17H18N2OS/c18-15(21)17(9-3-4-10-17)16(20)19-14-8-7-12-5-1-2-6-13(12)11-14/h1-2,5-8,11H,3-4,9-10H2,(H2,18,21)(H,19,20). The second-order valence-electron chi connectivity index (χ2n) is 5.67. The van der Waals surface area contributed by atoms with Crippen LogP contribution in [0.25, 0.3) is 10.8 Å². The highest BCUT2D eigenvalue weighted by molar-refractivity contribution is 7.80. The van der Waals surface area contributed by atoms with Gasteiger partial charge in [0.15, 0.2) is 0 Å². The summed E-state index contributed by atoms with van der Waals surface area (Å²) >= 11 is 5.15. The van der Waals surface area contributed by atoms with E-state index in [9.17, 15) is 4.79 Å². The van der Waals surface area contributed by atoms with Crippen LogP contribution in [0.1, 0.15) is 25.7 Å². The van der Waals surface area contributed by atoms with Crippen LogP contribution in [0, 0.1) is 5.41 Å². The fourth-order valence-electron chi connectivity index (χ4n) is 3.08. The molecule has 0 aromatic heterocycles. The summed E-state index contributed by atoms with van der Waals surface area (Å²) in [4.78, 5) is 13.0. The smallest absolute Gasteiger partial charge is 0.237 e. The molecule has 2 aromatic carbocycles. The molecule has 1 amide bonds. The SMILES string of the molecule is NC(=S)C1(C(=O)Nc2ccc3ccccc3c2)CCCC1. The van der Waals surface area contributed by atoms with E-state index in [1.165, 1.54) is 0 Å². The van der Waals surface area contributed by atoms with E-state index in [-0.39, 0.29) is 5.91 Å². The van der Waals surface area contributed by atoms with Crippen molar-refractivity contribution in [1.82, 2.24) is 0 Å². The summed E-state index contributed by atoms with van der Waals surface area (Å²) in [5, 5.41) is 5.25. The highest BCUT2D eigenvalue weighted by Gasteiger charge is 2.43. The van der Waals surface area contributed by atoms with E-state index in [1.807, 2.05) is 36.4 Å². The van der Waals surface area contributed by atoms with Gasteiger partial charge in [-0.1, -0.05) is 55.4 Å². The predicted octanol–water partition coefficient (Wildman–Crippen LogP) is 3.62. The molecule has 0 saturated heterocycles. The third-order valence-corrected chi connectivity index (χ3v) is 4.76. The van der Waals surface area contributed by atoms with Gasteiger partial charge in [-0.25, -0.2) is 0 Å². The molecule has 0 aliphatic heterocycles. The van der Waals surface area contributed by atoms with Gasteiger partial charge in [0.1, 0.15) is 0 Å². The highest BCUT2D eigenvalue weighted by atomic mass is 32.1. The molecule has 21 heavy (non-hydrogen) atoms. The zero-order valence-corrected chi connectivity index (χ0v) is 12.6. The number of anilines is 1. The minimum Gasteiger partial charge on any atom is -0.392 e. The molecule has 2 aromatic rings. The van der Waals surface area contributed by atoms with Gasteiger partial charge in [-0.15, -0.1) is 0 Å². The molecule has 0 radical (unpaired) electrons. The second kappa shape index (κ2) is 5.45. The van der Waals surface area contributed by atoms with Crippen LogP contribution in [-0.2, 0) is 4.79 Å². The van der Waals surface area contributed by atoms with Gasteiger partial charge in [-0.05, 0) is 35.7 Å². The van der Waals surface area contributed by atoms with E-state index in [0.29, 0.717) is 4.99 Å².